The maximum absolute atomic E-state index is 13.4. The molecule has 0 aliphatic carbocycles. The van der Waals surface area contributed by atoms with Gasteiger partial charge in [0.05, 0.1) is 6.54 Å². The van der Waals surface area contributed by atoms with Crippen LogP contribution < -0.4 is 15.0 Å². The quantitative estimate of drug-likeness (QED) is 0.141. The number of ether oxygens (including phenoxy) is 1. The van der Waals surface area contributed by atoms with Gasteiger partial charge in [0.25, 0.3) is 5.91 Å². The molecule has 0 unspecified atom stereocenters. The molecule has 45 heavy (non-hydrogen) atoms. The van der Waals surface area contributed by atoms with Crippen LogP contribution >= 0.6 is 0 Å². The minimum Gasteiger partial charge on any atom is -0.492 e. The van der Waals surface area contributed by atoms with E-state index in [2.05, 4.69) is 5.32 Å². The second kappa shape index (κ2) is 14.7. The van der Waals surface area contributed by atoms with Gasteiger partial charge in [-0.1, -0.05) is 91.0 Å². The summed E-state index contributed by atoms with van der Waals surface area (Å²) in [4.78, 5) is 40.5. The summed E-state index contributed by atoms with van der Waals surface area (Å²) in [6.45, 7) is 2.57. The summed E-state index contributed by atoms with van der Waals surface area (Å²) in [5, 5.41) is 13.1. The van der Waals surface area contributed by atoms with Gasteiger partial charge in [0.2, 0.25) is 0 Å². The highest BCUT2D eigenvalue weighted by molar-refractivity contribution is 6.12. The van der Waals surface area contributed by atoms with Crippen LogP contribution in [-0.4, -0.2) is 42.0 Å². The third kappa shape index (κ3) is 7.83. The van der Waals surface area contributed by atoms with Gasteiger partial charge < -0.3 is 20.1 Å². The molecule has 5 aromatic rings. The Kier molecular flexibility index (Phi) is 10.0. The molecule has 7 heteroatoms. The predicted molar refractivity (Wildman–Crippen MR) is 176 cm³/mol. The molecule has 0 fully saturated rings. The van der Waals surface area contributed by atoms with E-state index in [1.807, 2.05) is 67.6 Å². The van der Waals surface area contributed by atoms with E-state index in [-0.39, 0.29) is 24.7 Å². The molecule has 0 aliphatic rings. The molecule has 0 aliphatic heterocycles. The van der Waals surface area contributed by atoms with E-state index >= 15 is 0 Å². The molecule has 0 spiro atoms. The Morgan fingerprint density at radius 3 is 2.00 bits per heavy atom. The fourth-order valence-electron chi connectivity index (χ4n) is 5.09. The summed E-state index contributed by atoms with van der Waals surface area (Å²) in [5.74, 6) is -0.718. The van der Waals surface area contributed by atoms with Gasteiger partial charge in [-0.15, -0.1) is 0 Å². The fourth-order valence-corrected chi connectivity index (χ4v) is 5.09. The van der Waals surface area contributed by atoms with Crippen molar-refractivity contribution in [3.63, 3.8) is 0 Å². The standard InChI is InChI=1S/C38H34N2O5/c1-27-12-8-11-19-35(27)40(37(42)30-15-6-3-7-16-30)24-25-45-31-22-20-28(21-23-31)26-34(38(43)44)39-33-18-10-9-17-32(33)36(41)29-13-4-2-5-14-29/h2-23,34,39H,24-26H2,1H3,(H,43,44)/t34-/m0/s1. The SMILES string of the molecule is Cc1ccccc1N(CCOc1ccc(C[C@H](Nc2ccccc2C(=O)c2ccccc2)C(=O)O)cc1)C(=O)c1ccccc1. The van der Waals surface area contributed by atoms with Crippen LogP contribution in [0, 0.1) is 6.92 Å². The molecule has 0 saturated carbocycles. The van der Waals surface area contributed by atoms with E-state index in [1.54, 1.807) is 77.7 Å². The van der Waals surface area contributed by atoms with Gasteiger partial charge in [0.1, 0.15) is 18.4 Å². The molecule has 1 amide bonds. The van der Waals surface area contributed by atoms with Crippen molar-refractivity contribution in [2.45, 2.75) is 19.4 Å². The minimum atomic E-state index is -1.03. The minimum absolute atomic E-state index is 0.108. The third-order valence-electron chi connectivity index (χ3n) is 7.45. The van der Waals surface area contributed by atoms with Crippen LogP contribution in [0.4, 0.5) is 11.4 Å². The molecule has 226 valence electrons. The monoisotopic (exact) mass is 598 g/mol. The van der Waals surface area contributed by atoms with Crippen LogP contribution in [0.5, 0.6) is 5.75 Å². The number of amides is 1. The number of carboxylic acids is 1. The predicted octanol–water partition coefficient (Wildman–Crippen LogP) is 7.06. The molecule has 0 radical (unpaired) electrons. The molecule has 5 rings (SSSR count). The van der Waals surface area contributed by atoms with Crippen LogP contribution in [0.25, 0.3) is 0 Å². The zero-order valence-electron chi connectivity index (χ0n) is 24.9. The van der Waals surface area contributed by atoms with Crippen molar-refractivity contribution in [1.82, 2.24) is 0 Å². The van der Waals surface area contributed by atoms with E-state index in [1.165, 1.54) is 0 Å². The number of carbonyl (C=O) groups is 3. The second-order valence-electron chi connectivity index (χ2n) is 10.6. The van der Waals surface area contributed by atoms with Crippen LogP contribution in [0.1, 0.15) is 37.4 Å². The number of rotatable bonds is 13. The van der Waals surface area contributed by atoms with Crippen molar-refractivity contribution in [2.75, 3.05) is 23.4 Å². The molecule has 2 N–H and O–H groups in total. The Hall–Kier alpha value is -5.69. The molecular weight excluding hydrogens is 564 g/mol. The van der Waals surface area contributed by atoms with Gasteiger partial charge in [0.15, 0.2) is 5.78 Å². The first-order valence-corrected chi connectivity index (χ1v) is 14.7. The first-order chi connectivity index (χ1) is 21.9. The molecule has 7 nitrogen and oxygen atoms in total. The third-order valence-corrected chi connectivity index (χ3v) is 7.45. The number of benzene rings is 5. The number of hydrogen-bond acceptors (Lipinski definition) is 5. The van der Waals surface area contributed by atoms with Crippen molar-refractivity contribution in [3.8, 4) is 5.75 Å². The Morgan fingerprint density at radius 1 is 0.733 bits per heavy atom. The number of ketones is 1. The highest BCUT2D eigenvalue weighted by Gasteiger charge is 2.22. The number of anilines is 2. The molecule has 5 aromatic carbocycles. The lowest BCUT2D eigenvalue weighted by atomic mass is 10.00. The first kappa shape index (κ1) is 30.8. The van der Waals surface area contributed by atoms with Crippen LogP contribution in [0.2, 0.25) is 0 Å². The Labute approximate surface area is 262 Å². The van der Waals surface area contributed by atoms with Gasteiger partial charge in [-0.2, -0.15) is 0 Å². The molecule has 0 bridgehead atoms. The van der Waals surface area contributed by atoms with Crippen LogP contribution in [0.15, 0.2) is 133 Å². The molecule has 1 atom stereocenters. The van der Waals surface area contributed by atoms with Gasteiger partial charge in [-0.25, -0.2) is 4.79 Å². The normalized spacial score (nSPS) is 11.3. The van der Waals surface area contributed by atoms with Crippen molar-refractivity contribution >= 4 is 29.0 Å². The number of aliphatic carboxylic acids is 1. The van der Waals surface area contributed by atoms with Gasteiger partial charge in [-0.3, -0.25) is 9.59 Å². The number of carboxylic acid groups (broad SMARTS) is 1. The summed E-state index contributed by atoms with van der Waals surface area (Å²) in [6, 6.07) is 39.0. The number of carbonyl (C=O) groups excluding carboxylic acids is 2. The molecule has 0 saturated heterocycles. The van der Waals surface area contributed by atoms with Gasteiger partial charge >= 0.3 is 5.97 Å². The molecule has 0 aromatic heterocycles. The van der Waals surface area contributed by atoms with Crippen LogP contribution in [-0.2, 0) is 11.2 Å². The van der Waals surface area contributed by atoms with Gasteiger partial charge in [0, 0.05) is 34.5 Å². The largest absolute Gasteiger partial charge is 0.492 e. The smallest absolute Gasteiger partial charge is 0.326 e. The lowest BCUT2D eigenvalue weighted by Crippen LogP contribution is -2.35. The van der Waals surface area contributed by atoms with E-state index in [9.17, 15) is 19.5 Å². The molecule has 0 heterocycles. The summed E-state index contributed by atoms with van der Waals surface area (Å²) in [5.41, 5.74) is 4.59. The fraction of sp³-hybridized carbons (Fsp3) is 0.132. The number of hydrogen-bond donors (Lipinski definition) is 2. The number of nitrogens with zero attached hydrogens (tertiary/aromatic N) is 1. The number of para-hydroxylation sites is 2. The number of aryl methyl sites for hydroxylation is 1. The average Bonchev–Trinajstić information content (AvgIpc) is 3.08. The van der Waals surface area contributed by atoms with Crippen LogP contribution in [0.3, 0.4) is 0 Å². The van der Waals surface area contributed by atoms with Crippen molar-refractivity contribution in [1.29, 1.82) is 0 Å². The highest BCUT2D eigenvalue weighted by atomic mass is 16.5. The molecular formula is C38H34N2O5. The van der Waals surface area contributed by atoms with Crippen molar-refractivity contribution < 1.29 is 24.2 Å². The zero-order valence-corrected chi connectivity index (χ0v) is 24.9. The zero-order chi connectivity index (χ0) is 31.6. The lowest BCUT2D eigenvalue weighted by molar-refractivity contribution is -0.137. The maximum Gasteiger partial charge on any atom is 0.326 e. The average molecular weight is 599 g/mol. The number of nitrogens with one attached hydrogen (secondary N) is 1. The summed E-state index contributed by atoms with van der Waals surface area (Å²) >= 11 is 0. The first-order valence-electron chi connectivity index (χ1n) is 14.7. The topological polar surface area (TPSA) is 95.9 Å². The highest BCUT2D eigenvalue weighted by Crippen LogP contribution is 2.24. The Bertz CT molecular complexity index is 1750. The Morgan fingerprint density at radius 2 is 1.33 bits per heavy atom. The Balaban J connectivity index is 1.23. The summed E-state index contributed by atoms with van der Waals surface area (Å²) in [6.07, 6.45) is 0.191. The summed E-state index contributed by atoms with van der Waals surface area (Å²) in [7, 11) is 0. The van der Waals surface area contributed by atoms with E-state index in [0.717, 1.165) is 16.8 Å². The van der Waals surface area contributed by atoms with Crippen molar-refractivity contribution in [3.05, 3.63) is 161 Å². The lowest BCUT2D eigenvalue weighted by Gasteiger charge is -2.25. The van der Waals surface area contributed by atoms with E-state index in [0.29, 0.717) is 34.7 Å². The van der Waals surface area contributed by atoms with Crippen molar-refractivity contribution in [2.24, 2.45) is 0 Å². The van der Waals surface area contributed by atoms with E-state index < -0.39 is 12.0 Å². The second-order valence-corrected chi connectivity index (χ2v) is 10.6. The van der Waals surface area contributed by atoms with E-state index in [4.69, 9.17) is 4.74 Å². The summed E-state index contributed by atoms with van der Waals surface area (Å²) < 4.78 is 6.01. The maximum atomic E-state index is 13.4. The van der Waals surface area contributed by atoms with Gasteiger partial charge in [-0.05, 0) is 60.5 Å².